The molecule has 2 aromatic rings. The first-order chi connectivity index (χ1) is 13.9. The molecule has 1 amide bonds. The number of aliphatic hydroxyl groups excluding tert-OH is 2. The molecule has 1 fully saturated rings. The number of amides is 1. The first-order valence-corrected chi connectivity index (χ1v) is 11.5. The fourth-order valence-electron chi connectivity index (χ4n) is 3.62. The Morgan fingerprint density at radius 3 is 2.90 bits per heavy atom. The highest BCUT2D eigenvalue weighted by Crippen LogP contribution is 2.41. The van der Waals surface area contributed by atoms with E-state index in [1.807, 2.05) is 42.6 Å². The standard InChI is InChI=1S/C20H22ClN3O3S2/c1-10-4-5-11(7-14(10)21)23-20-24-16-17(26)15(25)8-13(18(16)29-20)19(27)22-9-12-3-2-6-28-12/h2-7,13,15-18,25-26H,8-9H2,1H3,(H,22,27)(H,23,24). The Hall–Kier alpha value is -1.58. The summed E-state index contributed by atoms with van der Waals surface area (Å²) < 4.78 is 0. The lowest BCUT2D eigenvalue weighted by Crippen LogP contribution is -2.53. The van der Waals surface area contributed by atoms with Crippen LogP contribution >= 0.6 is 34.7 Å². The molecule has 1 saturated carbocycles. The predicted molar refractivity (Wildman–Crippen MR) is 119 cm³/mol. The Balaban J connectivity index is 1.46. The van der Waals surface area contributed by atoms with Crippen molar-refractivity contribution in [1.29, 1.82) is 0 Å². The van der Waals surface area contributed by atoms with E-state index < -0.39 is 24.2 Å². The molecule has 1 aliphatic heterocycles. The Labute approximate surface area is 182 Å². The second-order valence-electron chi connectivity index (χ2n) is 7.29. The molecule has 0 radical (unpaired) electrons. The summed E-state index contributed by atoms with van der Waals surface area (Å²) in [4.78, 5) is 18.5. The van der Waals surface area contributed by atoms with Gasteiger partial charge in [-0.05, 0) is 42.5 Å². The molecule has 9 heteroatoms. The number of fused-ring (bicyclic) bond motifs is 1. The largest absolute Gasteiger partial charge is 0.390 e. The first kappa shape index (κ1) is 20.7. The van der Waals surface area contributed by atoms with Gasteiger partial charge in [0.1, 0.15) is 6.10 Å². The molecule has 6 nitrogen and oxygen atoms in total. The number of carbonyl (C=O) groups is 1. The van der Waals surface area contributed by atoms with E-state index in [0.29, 0.717) is 16.7 Å². The van der Waals surface area contributed by atoms with Gasteiger partial charge in [-0.2, -0.15) is 0 Å². The van der Waals surface area contributed by atoms with E-state index in [9.17, 15) is 15.0 Å². The number of rotatable bonds is 4. The van der Waals surface area contributed by atoms with Crippen molar-refractivity contribution in [3.63, 3.8) is 0 Å². The van der Waals surface area contributed by atoms with E-state index >= 15 is 0 Å². The van der Waals surface area contributed by atoms with Gasteiger partial charge in [-0.1, -0.05) is 35.5 Å². The van der Waals surface area contributed by atoms with Crippen LogP contribution in [0.1, 0.15) is 16.9 Å². The maximum Gasteiger partial charge on any atom is 0.224 e. The predicted octanol–water partition coefficient (Wildman–Crippen LogP) is 3.02. The fraction of sp³-hybridized carbons (Fsp3) is 0.400. The summed E-state index contributed by atoms with van der Waals surface area (Å²) in [5.74, 6) is -0.560. The molecule has 1 aromatic carbocycles. The molecular weight excluding hydrogens is 430 g/mol. The first-order valence-electron chi connectivity index (χ1n) is 9.36. The summed E-state index contributed by atoms with van der Waals surface area (Å²) in [6.07, 6.45) is -1.76. The van der Waals surface area contributed by atoms with E-state index in [4.69, 9.17) is 11.6 Å². The lowest BCUT2D eigenvalue weighted by atomic mass is 9.81. The highest BCUT2D eigenvalue weighted by atomic mass is 35.5. The molecule has 0 spiro atoms. The second-order valence-corrected chi connectivity index (χ2v) is 9.90. The van der Waals surface area contributed by atoms with Crippen molar-refractivity contribution in [3.05, 3.63) is 51.2 Å². The third kappa shape index (κ3) is 4.46. The van der Waals surface area contributed by atoms with Crippen molar-refractivity contribution in [2.45, 2.75) is 43.4 Å². The van der Waals surface area contributed by atoms with Crippen LogP contribution < -0.4 is 10.6 Å². The molecule has 2 aliphatic rings. The van der Waals surface area contributed by atoms with Gasteiger partial charge in [0.2, 0.25) is 5.91 Å². The number of nitrogens with zero attached hydrogens (tertiary/aromatic N) is 1. The lowest BCUT2D eigenvalue weighted by molar-refractivity contribution is -0.129. The number of halogens is 1. The van der Waals surface area contributed by atoms with Gasteiger partial charge < -0.3 is 20.8 Å². The van der Waals surface area contributed by atoms with E-state index in [1.165, 1.54) is 11.8 Å². The third-order valence-corrected chi connectivity index (χ3v) is 7.86. The molecule has 1 aliphatic carbocycles. The summed E-state index contributed by atoms with van der Waals surface area (Å²) in [5, 5.41) is 29.9. The normalized spacial score (nSPS) is 28.6. The number of carbonyl (C=O) groups excluding carboxylic acids is 1. The molecule has 1 aromatic heterocycles. The van der Waals surface area contributed by atoms with Gasteiger partial charge in [0.25, 0.3) is 0 Å². The quantitative estimate of drug-likeness (QED) is 0.573. The molecule has 5 unspecified atom stereocenters. The minimum atomic E-state index is -0.991. The number of nitrogens with one attached hydrogen (secondary N) is 2. The van der Waals surface area contributed by atoms with E-state index in [2.05, 4.69) is 15.6 Å². The third-order valence-electron chi connectivity index (χ3n) is 5.26. The minimum absolute atomic E-state index is 0.123. The number of anilines is 1. The molecule has 2 heterocycles. The number of thiophene rings is 1. The molecule has 4 N–H and O–H groups in total. The number of aliphatic hydroxyl groups is 2. The fourth-order valence-corrected chi connectivity index (χ4v) is 5.82. The van der Waals surface area contributed by atoms with Crippen LogP contribution in [0.25, 0.3) is 0 Å². The monoisotopic (exact) mass is 451 g/mol. The number of hydrogen-bond acceptors (Lipinski definition) is 7. The van der Waals surface area contributed by atoms with Crippen molar-refractivity contribution < 1.29 is 15.0 Å². The van der Waals surface area contributed by atoms with Gasteiger partial charge in [-0.25, -0.2) is 0 Å². The topological polar surface area (TPSA) is 94.0 Å². The molecule has 29 heavy (non-hydrogen) atoms. The van der Waals surface area contributed by atoms with Gasteiger partial charge in [0.15, 0.2) is 5.17 Å². The minimum Gasteiger partial charge on any atom is -0.390 e. The lowest BCUT2D eigenvalue weighted by Gasteiger charge is -2.37. The van der Waals surface area contributed by atoms with E-state index in [-0.39, 0.29) is 17.6 Å². The van der Waals surface area contributed by atoms with Crippen molar-refractivity contribution in [2.24, 2.45) is 10.9 Å². The van der Waals surface area contributed by atoms with Gasteiger partial charge in [0, 0.05) is 20.8 Å². The Bertz CT molecular complexity index is 922. The van der Waals surface area contributed by atoms with Crippen LogP contribution in [0, 0.1) is 12.8 Å². The number of aryl methyl sites for hydroxylation is 1. The molecule has 4 rings (SSSR count). The zero-order valence-corrected chi connectivity index (χ0v) is 18.1. The summed E-state index contributed by atoms with van der Waals surface area (Å²) in [5.41, 5.74) is 1.77. The highest BCUT2D eigenvalue weighted by Gasteiger charge is 2.50. The van der Waals surface area contributed by atoms with Crippen molar-refractivity contribution in [2.75, 3.05) is 5.32 Å². The Kier molecular flexibility index (Phi) is 6.17. The number of aliphatic imine (C=N–C) groups is 1. The van der Waals surface area contributed by atoms with Crippen LogP contribution in [0.5, 0.6) is 0 Å². The maximum absolute atomic E-state index is 12.8. The van der Waals surface area contributed by atoms with Crippen molar-refractivity contribution in [1.82, 2.24) is 5.32 Å². The average molecular weight is 452 g/mol. The van der Waals surface area contributed by atoms with Gasteiger partial charge in [0.05, 0.1) is 24.6 Å². The molecule has 154 valence electrons. The zero-order chi connectivity index (χ0) is 20.5. The number of amidine groups is 1. The molecule has 5 atom stereocenters. The van der Waals surface area contributed by atoms with Gasteiger partial charge >= 0.3 is 0 Å². The van der Waals surface area contributed by atoms with E-state index in [0.717, 1.165) is 16.1 Å². The van der Waals surface area contributed by atoms with E-state index in [1.54, 1.807) is 11.3 Å². The van der Waals surface area contributed by atoms with Crippen molar-refractivity contribution >= 4 is 51.5 Å². The Morgan fingerprint density at radius 1 is 1.34 bits per heavy atom. The number of hydrogen-bond donors (Lipinski definition) is 4. The summed E-state index contributed by atoms with van der Waals surface area (Å²) >= 11 is 9.21. The average Bonchev–Trinajstić information content (AvgIpc) is 3.36. The molecule has 0 bridgehead atoms. The maximum atomic E-state index is 12.8. The SMILES string of the molecule is Cc1ccc(NC2=NC3C(O)C(O)CC(C(=O)NCc4cccs4)C3S2)cc1Cl. The van der Waals surface area contributed by atoms with Crippen LogP contribution in [0.3, 0.4) is 0 Å². The van der Waals surface area contributed by atoms with Crippen LogP contribution in [-0.2, 0) is 11.3 Å². The molecular formula is C20H22ClN3O3S2. The van der Waals surface area contributed by atoms with Crippen LogP contribution in [-0.4, -0.2) is 44.8 Å². The number of benzene rings is 1. The molecule has 0 saturated heterocycles. The second kappa shape index (κ2) is 8.65. The zero-order valence-electron chi connectivity index (χ0n) is 15.7. The Morgan fingerprint density at radius 2 is 2.17 bits per heavy atom. The van der Waals surface area contributed by atoms with Crippen LogP contribution in [0.15, 0.2) is 40.7 Å². The van der Waals surface area contributed by atoms with Crippen LogP contribution in [0.2, 0.25) is 5.02 Å². The summed E-state index contributed by atoms with van der Waals surface area (Å²) in [7, 11) is 0. The number of thioether (sulfide) groups is 1. The highest BCUT2D eigenvalue weighted by molar-refractivity contribution is 8.15. The van der Waals surface area contributed by atoms with Crippen LogP contribution in [0.4, 0.5) is 5.69 Å². The summed E-state index contributed by atoms with van der Waals surface area (Å²) in [6.45, 7) is 2.39. The smallest absolute Gasteiger partial charge is 0.224 e. The van der Waals surface area contributed by atoms with Gasteiger partial charge in [-0.3, -0.25) is 9.79 Å². The van der Waals surface area contributed by atoms with Crippen molar-refractivity contribution in [3.8, 4) is 0 Å². The van der Waals surface area contributed by atoms with Gasteiger partial charge in [-0.15, -0.1) is 11.3 Å². The summed E-state index contributed by atoms with van der Waals surface area (Å²) in [6, 6.07) is 9.01.